The van der Waals surface area contributed by atoms with Crippen molar-refractivity contribution in [2.45, 2.75) is 0 Å². The zero-order chi connectivity index (χ0) is 18.8. The first-order valence-corrected chi connectivity index (χ1v) is 9.53. The first-order valence-electron chi connectivity index (χ1n) is 8.74. The number of piperazine rings is 1. The van der Waals surface area contributed by atoms with Crippen LogP contribution in [0, 0.1) is 0 Å². The molecule has 0 spiro atoms. The third-order valence-electron chi connectivity index (χ3n) is 4.79. The second-order valence-electron chi connectivity index (χ2n) is 6.37. The summed E-state index contributed by atoms with van der Waals surface area (Å²) in [5.74, 6) is 0.651. The van der Waals surface area contributed by atoms with E-state index < -0.39 is 0 Å². The Morgan fingerprint density at radius 1 is 1.04 bits per heavy atom. The average molecular weight is 427 g/mol. The zero-order valence-electron chi connectivity index (χ0n) is 14.9. The average Bonchev–Trinajstić information content (AvgIpc) is 2.73. The smallest absolute Gasteiger partial charge is 0.337 e. The number of esters is 1. The summed E-state index contributed by atoms with van der Waals surface area (Å²) in [6, 6.07) is 13.6. The lowest BCUT2D eigenvalue weighted by Gasteiger charge is -2.37. The molecule has 6 nitrogen and oxygen atoms in total. The number of hydrogen-bond donors (Lipinski definition) is 0. The van der Waals surface area contributed by atoms with Gasteiger partial charge in [0.25, 0.3) is 0 Å². The third kappa shape index (κ3) is 3.60. The van der Waals surface area contributed by atoms with Gasteiger partial charge in [-0.1, -0.05) is 22.0 Å². The highest BCUT2D eigenvalue weighted by Gasteiger charge is 2.21. The molecule has 1 aromatic heterocycles. The second-order valence-corrected chi connectivity index (χ2v) is 7.29. The van der Waals surface area contributed by atoms with Crippen molar-refractivity contribution < 1.29 is 9.53 Å². The van der Waals surface area contributed by atoms with Crippen LogP contribution in [0.25, 0.3) is 10.9 Å². The van der Waals surface area contributed by atoms with E-state index in [2.05, 4.69) is 41.8 Å². The number of carbonyl (C=O) groups excluding carboxylic acids is 1. The fraction of sp³-hybridized carbons (Fsp3) is 0.250. The number of fused-ring (bicyclic) bond motifs is 1. The van der Waals surface area contributed by atoms with Crippen molar-refractivity contribution in [1.29, 1.82) is 0 Å². The lowest BCUT2D eigenvalue weighted by Crippen LogP contribution is -2.47. The molecule has 3 aromatic rings. The molecule has 138 valence electrons. The quantitative estimate of drug-likeness (QED) is 0.597. The number of halogens is 1. The van der Waals surface area contributed by atoms with Crippen LogP contribution < -0.4 is 9.80 Å². The van der Waals surface area contributed by atoms with Crippen LogP contribution in [0.4, 0.5) is 11.5 Å². The van der Waals surface area contributed by atoms with E-state index in [1.807, 2.05) is 30.3 Å². The highest BCUT2D eigenvalue weighted by Crippen LogP contribution is 2.27. The van der Waals surface area contributed by atoms with E-state index in [-0.39, 0.29) is 5.97 Å². The molecule has 4 rings (SSSR count). The molecule has 0 unspecified atom stereocenters. The zero-order valence-corrected chi connectivity index (χ0v) is 16.5. The van der Waals surface area contributed by atoms with Crippen molar-refractivity contribution in [2.24, 2.45) is 0 Å². The Morgan fingerprint density at radius 2 is 1.81 bits per heavy atom. The Morgan fingerprint density at radius 3 is 2.59 bits per heavy atom. The van der Waals surface area contributed by atoms with Gasteiger partial charge in [-0.25, -0.2) is 14.8 Å². The number of ether oxygens (including phenoxy) is 1. The van der Waals surface area contributed by atoms with E-state index in [1.54, 1.807) is 12.4 Å². The van der Waals surface area contributed by atoms with Crippen LogP contribution in [0.2, 0.25) is 0 Å². The standard InChI is InChI=1S/C20H19BrN4O2/c1-27-20(26)14-3-2-4-16(11-14)24-7-9-25(10-8-24)19-17-12-15(21)5-6-18(17)22-13-23-19/h2-6,11-13H,7-10H2,1H3. The normalized spacial score (nSPS) is 14.4. The lowest BCUT2D eigenvalue weighted by molar-refractivity contribution is 0.0601. The van der Waals surface area contributed by atoms with Crippen molar-refractivity contribution in [1.82, 2.24) is 9.97 Å². The molecule has 0 amide bonds. The molecule has 1 aliphatic heterocycles. The molecule has 0 radical (unpaired) electrons. The van der Waals surface area contributed by atoms with Crippen LogP contribution in [0.1, 0.15) is 10.4 Å². The van der Waals surface area contributed by atoms with Gasteiger partial charge < -0.3 is 14.5 Å². The predicted molar refractivity (Wildman–Crippen MR) is 109 cm³/mol. The molecule has 7 heteroatoms. The molecule has 0 bridgehead atoms. The van der Waals surface area contributed by atoms with Gasteiger partial charge in [0, 0.05) is 41.7 Å². The fourth-order valence-electron chi connectivity index (χ4n) is 3.39. The Labute approximate surface area is 165 Å². The Bertz CT molecular complexity index is 987. The van der Waals surface area contributed by atoms with Crippen LogP contribution in [-0.2, 0) is 4.74 Å². The summed E-state index contributed by atoms with van der Waals surface area (Å²) >= 11 is 3.53. The molecule has 0 saturated carbocycles. The molecule has 2 aromatic carbocycles. The number of methoxy groups -OCH3 is 1. The Kier molecular flexibility index (Phi) is 4.94. The van der Waals surface area contributed by atoms with Crippen LogP contribution in [0.5, 0.6) is 0 Å². The number of rotatable bonds is 3. The van der Waals surface area contributed by atoms with Crippen molar-refractivity contribution in [3.05, 3.63) is 58.8 Å². The van der Waals surface area contributed by atoms with Gasteiger partial charge >= 0.3 is 5.97 Å². The SMILES string of the molecule is COC(=O)c1cccc(N2CCN(c3ncnc4ccc(Br)cc34)CC2)c1. The minimum Gasteiger partial charge on any atom is -0.465 e. The van der Waals surface area contributed by atoms with E-state index in [0.717, 1.165) is 53.1 Å². The minimum atomic E-state index is -0.312. The number of anilines is 2. The van der Waals surface area contributed by atoms with Gasteiger partial charge in [-0.2, -0.15) is 0 Å². The fourth-order valence-corrected chi connectivity index (χ4v) is 3.75. The van der Waals surface area contributed by atoms with Crippen LogP contribution >= 0.6 is 15.9 Å². The van der Waals surface area contributed by atoms with Gasteiger partial charge in [0.15, 0.2) is 0 Å². The van der Waals surface area contributed by atoms with Gasteiger partial charge in [0.1, 0.15) is 12.1 Å². The number of carbonyl (C=O) groups is 1. The molecular formula is C20H19BrN4O2. The second kappa shape index (κ2) is 7.52. The van der Waals surface area contributed by atoms with E-state index in [0.29, 0.717) is 5.56 Å². The van der Waals surface area contributed by atoms with Gasteiger partial charge in [-0.15, -0.1) is 0 Å². The van der Waals surface area contributed by atoms with Crippen molar-refractivity contribution in [3.8, 4) is 0 Å². The van der Waals surface area contributed by atoms with E-state index in [4.69, 9.17) is 4.74 Å². The summed E-state index contributed by atoms with van der Waals surface area (Å²) in [4.78, 5) is 25.2. The van der Waals surface area contributed by atoms with Gasteiger partial charge in [-0.05, 0) is 36.4 Å². The molecule has 2 heterocycles. The molecule has 0 aliphatic carbocycles. The first kappa shape index (κ1) is 17.7. The number of nitrogens with zero attached hydrogens (tertiary/aromatic N) is 4. The van der Waals surface area contributed by atoms with Gasteiger partial charge in [0.05, 0.1) is 18.2 Å². The minimum absolute atomic E-state index is 0.312. The molecule has 27 heavy (non-hydrogen) atoms. The molecule has 1 saturated heterocycles. The van der Waals surface area contributed by atoms with Gasteiger partial charge in [0.2, 0.25) is 0 Å². The maximum Gasteiger partial charge on any atom is 0.337 e. The summed E-state index contributed by atoms with van der Waals surface area (Å²) in [6.45, 7) is 3.40. The summed E-state index contributed by atoms with van der Waals surface area (Å²) < 4.78 is 5.84. The monoisotopic (exact) mass is 426 g/mol. The summed E-state index contributed by atoms with van der Waals surface area (Å²) in [6.07, 6.45) is 1.62. The first-order chi connectivity index (χ1) is 13.2. The van der Waals surface area contributed by atoms with Crippen molar-refractivity contribution >= 4 is 44.3 Å². The maximum atomic E-state index is 11.8. The van der Waals surface area contributed by atoms with E-state index in [9.17, 15) is 4.79 Å². The molecule has 0 atom stereocenters. The number of benzene rings is 2. The van der Waals surface area contributed by atoms with Crippen LogP contribution in [0.3, 0.4) is 0 Å². The predicted octanol–water partition coefficient (Wildman–Crippen LogP) is 3.51. The lowest BCUT2D eigenvalue weighted by atomic mass is 10.1. The number of aromatic nitrogens is 2. The highest BCUT2D eigenvalue weighted by atomic mass is 79.9. The molecule has 0 N–H and O–H groups in total. The Hall–Kier alpha value is -2.67. The molecular weight excluding hydrogens is 408 g/mol. The summed E-state index contributed by atoms with van der Waals surface area (Å²) in [7, 11) is 1.40. The largest absolute Gasteiger partial charge is 0.465 e. The topological polar surface area (TPSA) is 58.6 Å². The van der Waals surface area contributed by atoms with E-state index in [1.165, 1.54) is 7.11 Å². The third-order valence-corrected chi connectivity index (χ3v) is 5.28. The maximum absolute atomic E-state index is 11.8. The van der Waals surface area contributed by atoms with Crippen LogP contribution in [-0.4, -0.2) is 49.2 Å². The Balaban J connectivity index is 1.53. The van der Waals surface area contributed by atoms with E-state index >= 15 is 0 Å². The summed E-state index contributed by atoms with van der Waals surface area (Å²) in [5, 5.41) is 1.05. The van der Waals surface area contributed by atoms with Crippen molar-refractivity contribution in [3.63, 3.8) is 0 Å². The molecule has 1 aliphatic rings. The highest BCUT2D eigenvalue weighted by molar-refractivity contribution is 9.10. The van der Waals surface area contributed by atoms with Crippen LogP contribution in [0.15, 0.2) is 53.3 Å². The van der Waals surface area contributed by atoms with Crippen molar-refractivity contribution in [2.75, 3.05) is 43.1 Å². The van der Waals surface area contributed by atoms with Gasteiger partial charge in [-0.3, -0.25) is 0 Å². The number of hydrogen-bond acceptors (Lipinski definition) is 6. The molecule has 1 fully saturated rings. The summed E-state index contributed by atoms with van der Waals surface area (Å²) in [5.41, 5.74) is 2.55.